The van der Waals surface area contributed by atoms with Gasteiger partial charge >= 0.3 is 0 Å². The van der Waals surface area contributed by atoms with Crippen LogP contribution in [0.3, 0.4) is 0 Å². The highest BCUT2D eigenvalue weighted by Gasteiger charge is 2.39. The van der Waals surface area contributed by atoms with Gasteiger partial charge in [0.1, 0.15) is 0 Å². The Morgan fingerprint density at radius 3 is 3.19 bits per heavy atom. The van der Waals surface area contributed by atoms with Crippen LogP contribution in [0.1, 0.15) is 31.5 Å². The van der Waals surface area contributed by atoms with Crippen molar-refractivity contribution in [2.75, 3.05) is 13.2 Å². The minimum atomic E-state index is -0.356. The van der Waals surface area contributed by atoms with Crippen molar-refractivity contribution in [3.63, 3.8) is 0 Å². The van der Waals surface area contributed by atoms with Crippen LogP contribution in [0.4, 0.5) is 0 Å². The zero-order valence-corrected chi connectivity index (χ0v) is 12.4. The number of rotatable bonds is 2. The van der Waals surface area contributed by atoms with E-state index in [0.717, 1.165) is 36.3 Å². The summed E-state index contributed by atoms with van der Waals surface area (Å²) in [5.74, 6) is 0.0319. The molecule has 3 heterocycles. The van der Waals surface area contributed by atoms with Crippen molar-refractivity contribution < 1.29 is 9.84 Å². The smallest absolute Gasteiger partial charge is 0.0956 e. The molecule has 0 spiro atoms. The Balaban J connectivity index is 1.98. The molecule has 0 radical (unpaired) electrons. The fourth-order valence-electron chi connectivity index (χ4n) is 3.32. The zero-order chi connectivity index (χ0) is 14.8. The molecule has 0 bridgehead atoms. The zero-order valence-electron chi connectivity index (χ0n) is 12.4. The van der Waals surface area contributed by atoms with Gasteiger partial charge in [0, 0.05) is 18.1 Å². The van der Waals surface area contributed by atoms with E-state index in [1.54, 1.807) is 0 Å². The first-order valence-corrected chi connectivity index (χ1v) is 7.54. The van der Waals surface area contributed by atoms with Gasteiger partial charge in [-0.2, -0.15) is 0 Å². The molecule has 21 heavy (non-hydrogen) atoms. The van der Waals surface area contributed by atoms with Crippen LogP contribution in [-0.4, -0.2) is 34.0 Å². The third kappa shape index (κ3) is 2.49. The van der Waals surface area contributed by atoms with Crippen LogP contribution in [0.15, 0.2) is 42.9 Å². The van der Waals surface area contributed by atoms with Gasteiger partial charge < -0.3 is 14.4 Å². The SMILES string of the molecule is C=C1/C(=C\C=C/C)c2cncn2[C@@H]1[C@H]1COCCC[C@@H]1O. The van der Waals surface area contributed by atoms with Gasteiger partial charge in [0.15, 0.2) is 0 Å². The quantitative estimate of drug-likeness (QED) is 0.909. The van der Waals surface area contributed by atoms with Crippen LogP contribution in [0.2, 0.25) is 0 Å². The number of hydrogen-bond acceptors (Lipinski definition) is 3. The van der Waals surface area contributed by atoms with E-state index in [2.05, 4.69) is 22.2 Å². The number of nitrogens with zero attached hydrogens (tertiary/aromatic N) is 2. The summed E-state index contributed by atoms with van der Waals surface area (Å²) >= 11 is 0. The minimum Gasteiger partial charge on any atom is -0.393 e. The Labute approximate surface area is 125 Å². The molecule has 1 N–H and O–H groups in total. The highest BCUT2D eigenvalue weighted by atomic mass is 16.5. The molecule has 0 aromatic carbocycles. The van der Waals surface area contributed by atoms with Gasteiger partial charge in [-0.05, 0) is 25.3 Å². The van der Waals surface area contributed by atoms with E-state index >= 15 is 0 Å². The number of allylic oxidation sites excluding steroid dienone is 5. The summed E-state index contributed by atoms with van der Waals surface area (Å²) in [6.07, 6.45) is 11.1. The molecule has 2 aliphatic rings. The third-order valence-corrected chi connectivity index (χ3v) is 4.40. The minimum absolute atomic E-state index is 0.0319. The van der Waals surface area contributed by atoms with Crippen molar-refractivity contribution in [1.82, 2.24) is 9.55 Å². The van der Waals surface area contributed by atoms with Gasteiger partial charge in [-0.3, -0.25) is 0 Å². The van der Waals surface area contributed by atoms with Crippen molar-refractivity contribution in [2.24, 2.45) is 5.92 Å². The second-order valence-corrected chi connectivity index (χ2v) is 5.71. The average molecular weight is 286 g/mol. The summed E-state index contributed by atoms with van der Waals surface area (Å²) in [5.41, 5.74) is 3.21. The van der Waals surface area contributed by atoms with Gasteiger partial charge in [-0.1, -0.05) is 24.8 Å². The molecule has 112 valence electrons. The summed E-state index contributed by atoms with van der Waals surface area (Å²) in [6, 6.07) is 0.0344. The van der Waals surface area contributed by atoms with Gasteiger partial charge in [-0.25, -0.2) is 4.98 Å². The van der Waals surface area contributed by atoms with Crippen LogP contribution in [0.5, 0.6) is 0 Å². The second-order valence-electron chi connectivity index (χ2n) is 5.71. The molecule has 0 saturated carbocycles. The number of aliphatic hydroxyl groups excluding tert-OH is 1. The first-order chi connectivity index (χ1) is 10.2. The van der Waals surface area contributed by atoms with Crippen LogP contribution in [0, 0.1) is 5.92 Å². The molecule has 1 saturated heterocycles. The molecule has 2 aliphatic heterocycles. The Kier molecular flexibility index (Phi) is 4.08. The number of ether oxygens (including phenoxy) is 1. The first kappa shape index (κ1) is 14.3. The molecule has 4 nitrogen and oxygen atoms in total. The molecular formula is C17H22N2O2. The fourth-order valence-corrected chi connectivity index (χ4v) is 3.32. The summed E-state index contributed by atoms with van der Waals surface area (Å²) in [7, 11) is 0. The molecular weight excluding hydrogens is 264 g/mol. The molecule has 4 heteroatoms. The maximum atomic E-state index is 10.5. The Morgan fingerprint density at radius 1 is 1.52 bits per heavy atom. The van der Waals surface area contributed by atoms with E-state index in [9.17, 15) is 5.11 Å². The monoisotopic (exact) mass is 286 g/mol. The van der Waals surface area contributed by atoms with E-state index < -0.39 is 0 Å². The molecule has 3 rings (SSSR count). The van der Waals surface area contributed by atoms with Crippen molar-refractivity contribution in [1.29, 1.82) is 0 Å². The van der Waals surface area contributed by atoms with Crippen LogP contribution < -0.4 is 0 Å². The highest BCUT2D eigenvalue weighted by Crippen LogP contribution is 2.45. The van der Waals surface area contributed by atoms with Gasteiger partial charge in [-0.15, -0.1) is 0 Å². The van der Waals surface area contributed by atoms with E-state index in [4.69, 9.17) is 4.74 Å². The lowest BCUT2D eigenvalue weighted by Crippen LogP contribution is -2.31. The largest absolute Gasteiger partial charge is 0.393 e. The van der Waals surface area contributed by atoms with Crippen LogP contribution >= 0.6 is 0 Å². The van der Waals surface area contributed by atoms with Crippen LogP contribution in [0.25, 0.3) is 5.57 Å². The van der Waals surface area contributed by atoms with E-state index in [1.165, 1.54) is 0 Å². The molecule has 0 aliphatic carbocycles. The maximum Gasteiger partial charge on any atom is 0.0956 e. The summed E-state index contributed by atoms with van der Waals surface area (Å²) < 4.78 is 7.80. The normalized spacial score (nSPS) is 31.8. The molecule has 1 fully saturated rings. The van der Waals surface area contributed by atoms with E-state index in [-0.39, 0.29) is 18.1 Å². The molecule has 1 aromatic rings. The van der Waals surface area contributed by atoms with E-state index in [1.807, 2.05) is 31.6 Å². The van der Waals surface area contributed by atoms with Crippen molar-refractivity contribution in [3.8, 4) is 0 Å². The van der Waals surface area contributed by atoms with Gasteiger partial charge in [0.25, 0.3) is 0 Å². The Bertz CT molecular complexity index is 585. The molecule has 0 amide bonds. The summed E-state index contributed by atoms with van der Waals surface area (Å²) in [6.45, 7) is 7.57. The van der Waals surface area contributed by atoms with Gasteiger partial charge in [0.05, 0.1) is 37.0 Å². The molecule has 0 unspecified atom stereocenters. The molecule has 1 aromatic heterocycles. The first-order valence-electron chi connectivity index (χ1n) is 7.54. The summed E-state index contributed by atoms with van der Waals surface area (Å²) in [4.78, 5) is 4.26. The number of aliphatic hydroxyl groups is 1. The Hall–Kier alpha value is -1.65. The number of aromatic nitrogens is 2. The fraction of sp³-hybridized carbons (Fsp3) is 0.471. The summed E-state index contributed by atoms with van der Waals surface area (Å²) in [5, 5.41) is 10.5. The van der Waals surface area contributed by atoms with Gasteiger partial charge in [0.2, 0.25) is 0 Å². The predicted octanol–water partition coefficient (Wildman–Crippen LogP) is 2.74. The van der Waals surface area contributed by atoms with Crippen molar-refractivity contribution >= 4 is 5.57 Å². The van der Waals surface area contributed by atoms with Crippen molar-refractivity contribution in [3.05, 3.63) is 48.6 Å². The Morgan fingerprint density at radius 2 is 2.38 bits per heavy atom. The number of fused-ring (bicyclic) bond motifs is 1. The lowest BCUT2D eigenvalue weighted by molar-refractivity contribution is 0.0394. The number of imidazole rings is 1. The average Bonchev–Trinajstić information content (AvgIpc) is 2.95. The predicted molar refractivity (Wildman–Crippen MR) is 82.7 cm³/mol. The molecule has 3 atom stereocenters. The topological polar surface area (TPSA) is 47.3 Å². The highest BCUT2D eigenvalue weighted by molar-refractivity contribution is 5.82. The standard InChI is InChI=1S/C17H22N2O2/c1-3-4-6-13-12(2)17(19-11-18-9-15(13)19)14-10-21-8-5-7-16(14)20/h3-4,6,9,11,14,16-17,20H,2,5,7-8,10H2,1H3/b4-3-,13-6+/t14-,16-,17-/m0/s1. The van der Waals surface area contributed by atoms with Crippen molar-refractivity contribution in [2.45, 2.75) is 31.9 Å². The van der Waals surface area contributed by atoms with E-state index in [0.29, 0.717) is 6.61 Å². The third-order valence-electron chi connectivity index (χ3n) is 4.40. The number of hydrogen-bond donors (Lipinski definition) is 1. The lowest BCUT2D eigenvalue weighted by Gasteiger charge is -2.28. The lowest BCUT2D eigenvalue weighted by atomic mass is 9.87. The van der Waals surface area contributed by atoms with Crippen LogP contribution in [-0.2, 0) is 4.74 Å². The second kappa shape index (κ2) is 6.00. The maximum absolute atomic E-state index is 10.5.